The molecule has 0 bridgehead atoms. The molecule has 0 aliphatic heterocycles. The van der Waals surface area contributed by atoms with Crippen LogP contribution in [0, 0.1) is 0 Å². The Hall–Kier alpha value is -3.03. The van der Waals surface area contributed by atoms with Gasteiger partial charge in [0.1, 0.15) is 5.69 Å². The molecule has 0 unspecified atom stereocenters. The van der Waals surface area contributed by atoms with Gasteiger partial charge in [-0.1, -0.05) is 0 Å². The van der Waals surface area contributed by atoms with Gasteiger partial charge in [0.25, 0.3) is 10.0 Å². The molecule has 13 heteroatoms. The summed E-state index contributed by atoms with van der Waals surface area (Å²) in [5, 5.41) is 5.02. The van der Waals surface area contributed by atoms with E-state index in [1.54, 1.807) is 0 Å². The molecule has 3 N–H and O–H groups in total. The van der Waals surface area contributed by atoms with Gasteiger partial charge < -0.3 is 18.9 Å². The highest BCUT2D eigenvalue weighted by Gasteiger charge is 2.28. The minimum atomic E-state index is -4.29. The van der Waals surface area contributed by atoms with Gasteiger partial charge >= 0.3 is 5.97 Å². The van der Waals surface area contributed by atoms with Gasteiger partial charge in [0.15, 0.2) is 11.5 Å². The van der Waals surface area contributed by atoms with Crippen molar-refractivity contribution in [1.29, 1.82) is 0 Å². The average Bonchev–Trinajstić information content (AvgIpc) is 2.71. The van der Waals surface area contributed by atoms with E-state index >= 15 is 0 Å². The van der Waals surface area contributed by atoms with Crippen LogP contribution < -0.4 is 24.1 Å². The number of ether oxygens (including phenoxy) is 4. The molecule has 30 heavy (non-hydrogen) atoms. The number of benzene rings is 2. The first kappa shape index (κ1) is 23.3. The minimum Gasteiger partial charge on any atom is -0.493 e. The zero-order chi connectivity index (χ0) is 22.7. The molecule has 0 heterocycles. The van der Waals surface area contributed by atoms with E-state index in [1.807, 2.05) is 0 Å². The van der Waals surface area contributed by atoms with Gasteiger partial charge in [-0.2, -0.15) is 0 Å². The van der Waals surface area contributed by atoms with Crippen LogP contribution in [0.3, 0.4) is 0 Å². The Morgan fingerprint density at radius 2 is 1.40 bits per heavy atom. The highest BCUT2D eigenvalue weighted by Crippen LogP contribution is 2.46. The molecular formula is C17H20N2O9S2. The molecule has 2 aromatic carbocycles. The van der Waals surface area contributed by atoms with Crippen molar-refractivity contribution < 1.29 is 40.6 Å². The molecule has 2 rings (SSSR count). The fraction of sp³-hybridized carbons (Fsp3) is 0.235. The van der Waals surface area contributed by atoms with Gasteiger partial charge in [0.2, 0.25) is 15.8 Å². The smallest absolute Gasteiger partial charge is 0.340 e. The fourth-order valence-corrected chi connectivity index (χ4v) is 4.13. The number of hydrogen-bond donors (Lipinski definition) is 2. The van der Waals surface area contributed by atoms with E-state index in [4.69, 9.17) is 24.1 Å². The monoisotopic (exact) mass is 460 g/mol. The Morgan fingerprint density at radius 1 is 0.867 bits per heavy atom. The topological polar surface area (TPSA) is 160 Å². The van der Waals surface area contributed by atoms with Gasteiger partial charge in [-0.15, -0.1) is 0 Å². The Kier molecular flexibility index (Phi) is 6.80. The SMILES string of the molecule is COC(=O)c1cc(OC)c(OC)c(OC)c1NS(=O)(=O)c1ccc(S(N)(=O)=O)cc1. The number of carbonyl (C=O) groups excluding carboxylic acids is 1. The largest absolute Gasteiger partial charge is 0.493 e. The number of nitrogens with two attached hydrogens (primary N) is 1. The summed E-state index contributed by atoms with van der Waals surface area (Å²) in [5.74, 6) is -0.844. The van der Waals surface area contributed by atoms with Crippen LogP contribution in [-0.2, 0) is 24.8 Å². The standard InChI is InChI=1S/C17H20N2O9S2/c1-25-13-9-12(17(20)28-4)14(16(27-3)15(13)26-2)19-30(23,24)11-7-5-10(6-8-11)29(18,21)22/h5-9,19H,1-4H3,(H2,18,21,22). The Labute approximate surface area is 173 Å². The molecule has 0 spiro atoms. The summed E-state index contributed by atoms with van der Waals surface area (Å²) in [6.45, 7) is 0. The summed E-state index contributed by atoms with van der Waals surface area (Å²) in [7, 11) is -3.28. The summed E-state index contributed by atoms with van der Waals surface area (Å²) in [4.78, 5) is 11.7. The summed E-state index contributed by atoms with van der Waals surface area (Å²) in [5.41, 5.74) is -0.450. The van der Waals surface area contributed by atoms with E-state index in [0.29, 0.717) is 0 Å². The minimum absolute atomic E-state index is 0.0370. The molecule has 0 fully saturated rings. The molecule has 0 amide bonds. The van der Waals surface area contributed by atoms with Crippen LogP contribution in [0.1, 0.15) is 10.4 Å². The Balaban J connectivity index is 2.66. The van der Waals surface area contributed by atoms with Crippen molar-refractivity contribution in [1.82, 2.24) is 0 Å². The number of esters is 1. The van der Waals surface area contributed by atoms with Crippen molar-refractivity contribution in [3.8, 4) is 17.2 Å². The van der Waals surface area contributed by atoms with Crippen molar-refractivity contribution in [2.24, 2.45) is 5.14 Å². The van der Waals surface area contributed by atoms with Gasteiger partial charge in [-0.3, -0.25) is 4.72 Å². The van der Waals surface area contributed by atoms with E-state index in [0.717, 1.165) is 31.4 Å². The summed E-state index contributed by atoms with van der Waals surface area (Å²) in [6.07, 6.45) is 0. The fourth-order valence-electron chi connectivity index (χ4n) is 2.53. The number of sulfonamides is 2. The molecule has 0 saturated carbocycles. The zero-order valence-electron chi connectivity index (χ0n) is 16.5. The van der Waals surface area contributed by atoms with E-state index in [2.05, 4.69) is 4.72 Å². The number of methoxy groups -OCH3 is 4. The number of hydrogen-bond acceptors (Lipinski definition) is 9. The lowest BCUT2D eigenvalue weighted by atomic mass is 10.1. The summed E-state index contributed by atoms with van der Waals surface area (Å²) < 4.78 is 71.1. The molecule has 2 aromatic rings. The Morgan fingerprint density at radius 3 is 1.83 bits per heavy atom. The van der Waals surface area contributed by atoms with E-state index in [-0.39, 0.29) is 38.3 Å². The number of anilines is 1. The third-order valence-electron chi connectivity index (χ3n) is 3.93. The van der Waals surface area contributed by atoms with Crippen LogP contribution in [0.15, 0.2) is 40.1 Å². The van der Waals surface area contributed by atoms with Crippen molar-refractivity contribution in [3.63, 3.8) is 0 Å². The predicted molar refractivity (Wildman–Crippen MR) is 106 cm³/mol. The first-order chi connectivity index (χ1) is 14.0. The second-order valence-corrected chi connectivity index (χ2v) is 8.93. The Bertz CT molecular complexity index is 1160. The molecule has 0 aliphatic rings. The maximum Gasteiger partial charge on any atom is 0.340 e. The molecule has 0 atom stereocenters. The van der Waals surface area contributed by atoms with Crippen molar-refractivity contribution in [2.45, 2.75) is 9.79 Å². The van der Waals surface area contributed by atoms with Gasteiger partial charge in [0.05, 0.1) is 43.8 Å². The van der Waals surface area contributed by atoms with Crippen LogP contribution in [0.2, 0.25) is 0 Å². The molecule has 164 valence electrons. The second-order valence-electron chi connectivity index (χ2n) is 5.68. The highest BCUT2D eigenvalue weighted by molar-refractivity contribution is 7.92. The molecule has 0 aliphatic carbocycles. The average molecular weight is 460 g/mol. The van der Waals surface area contributed by atoms with Gasteiger partial charge in [-0.25, -0.2) is 26.8 Å². The first-order valence-corrected chi connectivity index (χ1v) is 11.1. The highest BCUT2D eigenvalue weighted by atomic mass is 32.2. The van der Waals surface area contributed by atoms with Crippen LogP contribution in [0.4, 0.5) is 5.69 Å². The normalized spacial score (nSPS) is 11.5. The van der Waals surface area contributed by atoms with Gasteiger partial charge in [0, 0.05) is 6.07 Å². The van der Waals surface area contributed by atoms with Crippen LogP contribution >= 0.6 is 0 Å². The lowest BCUT2D eigenvalue weighted by Crippen LogP contribution is -2.18. The zero-order valence-corrected chi connectivity index (χ0v) is 18.1. The van der Waals surface area contributed by atoms with E-state index in [1.165, 1.54) is 27.4 Å². The summed E-state index contributed by atoms with van der Waals surface area (Å²) in [6, 6.07) is 5.41. The lowest BCUT2D eigenvalue weighted by Gasteiger charge is -2.19. The maximum atomic E-state index is 12.9. The van der Waals surface area contributed by atoms with E-state index in [9.17, 15) is 21.6 Å². The third-order valence-corrected chi connectivity index (χ3v) is 6.23. The number of carbonyl (C=O) groups is 1. The third kappa shape index (κ3) is 4.58. The lowest BCUT2D eigenvalue weighted by molar-refractivity contribution is 0.0601. The number of primary sulfonamides is 1. The number of rotatable bonds is 8. The second kappa shape index (κ2) is 8.77. The van der Waals surface area contributed by atoms with Crippen LogP contribution in [-0.4, -0.2) is 51.2 Å². The quantitative estimate of drug-likeness (QED) is 0.546. The molecule has 0 radical (unpaired) electrons. The molecular weight excluding hydrogens is 440 g/mol. The van der Waals surface area contributed by atoms with Crippen LogP contribution in [0.25, 0.3) is 0 Å². The van der Waals surface area contributed by atoms with Crippen molar-refractivity contribution >= 4 is 31.7 Å². The number of nitrogens with one attached hydrogen (secondary N) is 1. The van der Waals surface area contributed by atoms with E-state index < -0.39 is 26.0 Å². The van der Waals surface area contributed by atoms with Crippen LogP contribution in [0.5, 0.6) is 17.2 Å². The molecule has 0 saturated heterocycles. The predicted octanol–water partition coefficient (Wildman–Crippen LogP) is 0.947. The van der Waals surface area contributed by atoms with Crippen molar-refractivity contribution in [2.75, 3.05) is 33.2 Å². The maximum absolute atomic E-state index is 12.9. The van der Waals surface area contributed by atoms with Crippen molar-refractivity contribution in [3.05, 3.63) is 35.9 Å². The molecule has 0 aromatic heterocycles. The summed E-state index contributed by atoms with van der Waals surface area (Å²) >= 11 is 0. The first-order valence-electron chi connectivity index (χ1n) is 8.07. The van der Waals surface area contributed by atoms with Gasteiger partial charge in [-0.05, 0) is 24.3 Å². The molecule has 11 nitrogen and oxygen atoms in total.